The minimum absolute atomic E-state index is 0.249. The van der Waals surface area contributed by atoms with Crippen LogP contribution < -0.4 is 11.1 Å². The second kappa shape index (κ2) is 5.21. The number of rotatable bonds is 3. The van der Waals surface area contributed by atoms with Gasteiger partial charge in [-0.25, -0.2) is 4.39 Å². The minimum Gasteiger partial charge on any atom is -0.394 e. The molecular formula is C13H16BrFN4. The number of aryl methyl sites for hydroxylation is 1. The zero-order chi connectivity index (χ0) is 14.2. The molecule has 0 aliphatic carbocycles. The lowest BCUT2D eigenvalue weighted by atomic mass is 10.1. The first-order valence-corrected chi connectivity index (χ1v) is 6.74. The van der Waals surface area contributed by atoms with Crippen LogP contribution in [0.1, 0.15) is 25.5 Å². The van der Waals surface area contributed by atoms with Crippen LogP contribution in [-0.4, -0.2) is 9.78 Å². The molecular weight excluding hydrogens is 311 g/mol. The molecule has 6 heteroatoms. The second-order valence-corrected chi connectivity index (χ2v) is 5.53. The normalized spacial score (nSPS) is 11.1. The van der Waals surface area contributed by atoms with Gasteiger partial charge in [-0.1, -0.05) is 13.8 Å². The van der Waals surface area contributed by atoms with E-state index in [1.54, 1.807) is 10.7 Å². The molecule has 0 aliphatic heterocycles. The third-order valence-electron chi connectivity index (χ3n) is 2.84. The number of nitrogen functional groups attached to an aromatic ring is 1. The largest absolute Gasteiger partial charge is 0.394 e. The predicted octanol–water partition coefficient (Wildman–Crippen LogP) is 3.77. The van der Waals surface area contributed by atoms with Gasteiger partial charge >= 0.3 is 0 Å². The first kappa shape index (κ1) is 13.9. The molecule has 0 aliphatic rings. The molecule has 1 heterocycles. The van der Waals surface area contributed by atoms with Crippen molar-refractivity contribution in [3.05, 3.63) is 34.2 Å². The molecule has 0 saturated heterocycles. The van der Waals surface area contributed by atoms with Gasteiger partial charge in [0.1, 0.15) is 5.82 Å². The molecule has 0 fully saturated rings. The Bertz CT molecular complexity index is 607. The van der Waals surface area contributed by atoms with Crippen molar-refractivity contribution >= 4 is 33.1 Å². The maximum Gasteiger partial charge on any atom is 0.152 e. The lowest BCUT2D eigenvalue weighted by molar-refractivity contribution is 0.627. The summed E-state index contributed by atoms with van der Waals surface area (Å²) >= 11 is 3.32. The first-order chi connectivity index (χ1) is 8.90. The molecule has 0 amide bonds. The molecule has 0 atom stereocenters. The van der Waals surface area contributed by atoms with Gasteiger partial charge in [-0.05, 0) is 40.0 Å². The van der Waals surface area contributed by atoms with E-state index in [0.29, 0.717) is 16.0 Å². The molecule has 19 heavy (non-hydrogen) atoms. The smallest absolute Gasteiger partial charge is 0.152 e. The number of anilines is 3. The summed E-state index contributed by atoms with van der Waals surface area (Å²) in [5.41, 5.74) is 8.31. The molecule has 0 radical (unpaired) electrons. The summed E-state index contributed by atoms with van der Waals surface area (Å²) in [6.45, 7) is 4.08. The third-order valence-corrected chi connectivity index (χ3v) is 3.50. The Morgan fingerprint density at radius 2 is 2.11 bits per heavy atom. The van der Waals surface area contributed by atoms with Crippen LogP contribution in [0.4, 0.5) is 21.6 Å². The average molecular weight is 327 g/mol. The molecule has 1 aromatic carbocycles. The van der Waals surface area contributed by atoms with Gasteiger partial charge in [0.05, 0.1) is 17.1 Å². The van der Waals surface area contributed by atoms with E-state index >= 15 is 0 Å². The van der Waals surface area contributed by atoms with Crippen LogP contribution in [0.15, 0.2) is 22.7 Å². The van der Waals surface area contributed by atoms with E-state index in [9.17, 15) is 4.39 Å². The predicted molar refractivity (Wildman–Crippen MR) is 79.1 cm³/mol. The van der Waals surface area contributed by atoms with Crippen LogP contribution in [-0.2, 0) is 7.05 Å². The van der Waals surface area contributed by atoms with E-state index in [2.05, 4.69) is 26.3 Å². The third kappa shape index (κ3) is 2.73. The number of halogens is 2. The summed E-state index contributed by atoms with van der Waals surface area (Å²) in [7, 11) is 1.82. The standard InChI is InChI=1S/C13H16BrFN4/c1-7(2)12-11(16)13(19(3)18-12)17-10-5-4-8(15)6-9(10)14/h4-7,17H,16H2,1-3H3. The number of nitrogens with two attached hydrogens (primary N) is 1. The van der Waals surface area contributed by atoms with Crippen molar-refractivity contribution in [1.29, 1.82) is 0 Å². The van der Waals surface area contributed by atoms with Crippen molar-refractivity contribution < 1.29 is 4.39 Å². The van der Waals surface area contributed by atoms with Gasteiger partial charge in [-0.3, -0.25) is 4.68 Å². The molecule has 4 nitrogen and oxygen atoms in total. The zero-order valence-corrected chi connectivity index (χ0v) is 12.6. The lowest BCUT2D eigenvalue weighted by Crippen LogP contribution is -2.02. The molecule has 0 saturated carbocycles. The number of aromatic nitrogens is 2. The number of hydrogen-bond acceptors (Lipinski definition) is 3. The molecule has 0 unspecified atom stereocenters. The van der Waals surface area contributed by atoms with Gasteiger partial charge in [0, 0.05) is 11.5 Å². The fourth-order valence-corrected chi connectivity index (χ4v) is 2.30. The fraction of sp³-hybridized carbons (Fsp3) is 0.308. The van der Waals surface area contributed by atoms with Gasteiger partial charge in [0.15, 0.2) is 5.82 Å². The highest BCUT2D eigenvalue weighted by atomic mass is 79.9. The van der Waals surface area contributed by atoms with Crippen molar-refractivity contribution in [3.63, 3.8) is 0 Å². The van der Waals surface area contributed by atoms with Gasteiger partial charge in [-0.15, -0.1) is 0 Å². The zero-order valence-electron chi connectivity index (χ0n) is 11.0. The van der Waals surface area contributed by atoms with Crippen LogP contribution >= 0.6 is 15.9 Å². The van der Waals surface area contributed by atoms with E-state index in [1.807, 2.05) is 20.9 Å². The van der Waals surface area contributed by atoms with Gasteiger partial charge in [-0.2, -0.15) is 5.10 Å². The molecule has 2 aromatic rings. The second-order valence-electron chi connectivity index (χ2n) is 4.67. The van der Waals surface area contributed by atoms with Crippen LogP contribution in [0.2, 0.25) is 0 Å². The number of benzene rings is 1. The van der Waals surface area contributed by atoms with E-state index in [4.69, 9.17) is 5.73 Å². The summed E-state index contributed by atoms with van der Waals surface area (Å²) in [5.74, 6) is 0.660. The van der Waals surface area contributed by atoms with Crippen molar-refractivity contribution in [1.82, 2.24) is 9.78 Å². The van der Waals surface area contributed by atoms with Gasteiger partial charge in [0.2, 0.25) is 0 Å². The Kier molecular flexibility index (Phi) is 3.80. The van der Waals surface area contributed by atoms with Crippen molar-refractivity contribution in [3.8, 4) is 0 Å². The van der Waals surface area contributed by atoms with Crippen molar-refractivity contribution in [2.75, 3.05) is 11.1 Å². The van der Waals surface area contributed by atoms with E-state index in [0.717, 1.165) is 11.4 Å². The Labute approximate surface area is 119 Å². The van der Waals surface area contributed by atoms with Crippen molar-refractivity contribution in [2.45, 2.75) is 19.8 Å². The van der Waals surface area contributed by atoms with Crippen LogP contribution in [0.3, 0.4) is 0 Å². The topological polar surface area (TPSA) is 55.9 Å². The summed E-state index contributed by atoms with van der Waals surface area (Å²) in [6, 6.07) is 4.45. The molecule has 2 rings (SSSR count). The van der Waals surface area contributed by atoms with Crippen LogP contribution in [0, 0.1) is 5.82 Å². The number of nitrogens with one attached hydrogen (secondary N) is 1. The quantitative estimate of drug-likeness (QED) is 0.902. The SMILES string of the molecule is CC(C)c1nn(C)c(Nc2ccc(F)cc2Br)c1N. The highest BCUT2D eigenvalue weighted by Gasteiger charge is 2.16. The Hall–Kier alpha value is -1.56. The Balaban J connectivity index is 2.38. The van der Waals surface area contributed by atoms with Crippen LogP contribution in [0.5, 0.6) is 0 Å². The maximum absolute atomic E-state index is 13.1. The van der Waals surface area contributed by atoms with E-state index < -0.39 is 0 Å². The van der Waals surface area contributed by atoms with Gasteiger partial charge in [0.25, 0.3) is 0 Å². The fourth-order valence-electron chi connectivity index (χ4n) is 1.85. The summed E-state index contributed by atoms with van der Waals surface area (Å²) in [4.78, 5) is 0. The van der Waals surface area contributed by atoms with Crippen LogP contribution in [0.25, 0.3) is 0 Å². The monoisotopic (exact) mass is 326 g/mol. The minimum atomic E-state index is -0.293. The molecule has 102 valence electrons. The maximum atomic E-state index is 13.1. The van der Waals surface area contributed by atoms with Gasteiger partial charge < -0.3 is 11.1 Å². The number of hydrogen-bond donors (Lipinski definition) is 2. The summed E-state index contributed by atoms with van der Waals surface area (Å²) in [5, 5.41) is 7.57. The average Bonchev–Trinajstić information content (AvgIpc) is 2.60. The summed E-state index contributed by atoms with van der Waals surface area (Å²) < 4.78 is 15.4. The highest BCUT2D eigenvalue weighted by Crippen LogP contribution is 2.32. The Morgan fingerprint density at radius 1 is 1.42 bits per heavy atom. The molecule has 3 N–H and O–H groups in total. The van der Waals surface area contributed by atoms with Crippen molar-refractivity contribution in [2.24, 2.45) is 7.05 Å². The highest BCUT2D eigenvalue weighted by molar-refractivity contribution is 9.10. The lowest BCUT2D eigenvalue weighted by Gasteiger charge is -2.10. The van der Waals surface area contributed by atoms with E-state index in [1.165, 1.54) is 12.1 Å². The number of nitrogens with zero attached hydrogens (tertiary/aromatic N) is 2. The molecule has 0 spiro atoms. The molecule has 0 bridgehead atoms. The molecule has 1 aromatic heterocycles. The first-order valence-electron chi connectivity index (χ1n) is 5.94. The Morgan fingerprint density at radius 3 is 2.63 bits per heavy atom. The summed E-state index contributed by atoms with van der Waals surface area (Å²) in [6.07, 6.45) is 0. The van der Waals surface area contributed by atoms with E-state index in [-0.39, 0.29) is 11.7 Å².